The highest BCUT2D eigenvalue weighted by atomic mass is 19.4. The Kier molecular flexibility index (Phi) is 4.61. The molecule has 0 radical (unpaired) electrons. The van der Waals surface area contributed by atoms with Gasteiger partial charge in [-0.1, -0.05) is 12.1 Å². The Morgan fingerprint density at radius 2 is 2.00 bits per heavy atom. The highest BCUT2D eigenvalue weighted by molar-refractivity contribution is 5.75. The second-order valence-electron chi connectivity index (χ2n) is 4.35. The van der Waals surface area contributed by atoms with E-state index in [1.165, 1.54) is 0 Å². The van der Waals surface area contributed by atoms with Gasteiger partial charge in [0, 0.05) is 13.2 Å². The van der Waals surface area contributed by atoms with Crippen molar-refractivity contribution in [3.8, 4) is 0 Å². The highest BCUT2D eigenvalue weighted by Crippen LogP contribution is 2.17. The predicted octanol–water partition coefficient (Wildman–Crippen LogP) is 2.50. The monoisotopic (exact) mass is 288 g/mol. The van der Waals surface area contributed by atoms with Crippen LogP contribution >= 0.6 is 0 Å². The number of imidazole rings is 1. The van der Waals surface area contributed by atoms with Gasteiger partial charge in [-0.3, -0.25) is 0 Å². The number of ether oxygens (including phenoxy) is 1. The first-order chi connectivity index (χ1) is 9.51. The van der Waals surface area contributed by atoms with Crippen molar-refractivity contribution >= 4 is 11.0 Å². The summed E-state index contributed by atoms with van der Waals surface area (Å²) in [6.07, 6.45) is -3.87. The maximum Gasteiger partial charge on any atom is 0.411 e. The van der Waals surface area contributed by atoms with Gasteiger partial charge in [-0.2, -0.15) is 13.2 Å². The highest BCUT2D eigenvalue weighted by Gasteiger charge is 2.27. The number of fused-ring (bicyclic) bond motifs is 1. The number of aryl methyl sites for hydroxylation is 1. The third kappa shape index (κ3) is 3.71. The number of rotatable bonds is 6. The molecule has 0 aliphatic rings. The molecule has 0 amide bonds. The molecule has 110 valence electrons. The number of hydrogen-bond donors (Lipinski definition) is 1. The van der Waals surface area contributed by atoms with E-state index < -0.39 is 12.8 Å². The molecule has 1 heterocycles. The summed E-state index contributed by atoms with van der Waals surface area (Å²) in [6, 6.07) is 7.37. The zero-order valence-electron chi connectivity index (χ0n) is 10.7. The first kappa shape index (κ1) is 14.8. The van der Waals surface area contributed by atoms with E-state index in [9.17, 15) is 18.3 Å². The van der Waals surface area contributed by atoms with Crippen LogP contribution < -0.4 is 0 Å². The van der Waals surface area contributed by atoms with Gasteiger partial charge in [0.05, 0.1) is 11.0 Å². The molecule has 2 rings (SSSR count). The Hall–Kier alpha value is -1.60. The minimum Gasteiger partial charge on any atom is -0.388 e. The molecular formula is C13H15F3N2O2. The minimum absolute atomic E-state index is 0.0108. The molecule has 0 aliphatic heterocycles. The van der Waals surface area contributed by atoms with Crippen molar-refractivity contribution in [2.75, 3.05) is 13.2 Å². The van der Waals surface area contributed by atoms with Crippen LogP contribution in [0.5, 0.6) is 0 Å². The van der Waals surface area contributed by atoms with Gasteiger partial charge in [-0.15, -0.1) is 0 Å². The lowest BCUT2D eigenvalue weighted by molar-refractivity contribution is -0.174. The molecule has 7 heteroatoms. The summed E-state index contributed by atoms with van der Waals surface area (Å²) in [4.78, 5) is 4.26. The third-order valence-electron chi connectivity index (χ3n) is 2.81. The van der Waals surface area contributed by atoms with Gasteiger partial charge in [0.15, 0.2) is 0 Å². The summed E-state index contributed by atoms with van der Waals surface area (Å²) in [7, 11) is 0. The fourth-order valence-corrected chi connectivity index (χ4v) is 2.01. The summed E-state index contributed by atoms with van der Waals surface area (Å²) in [6.45, 7) is -0.978. The van der Waals surface area contributed by atoms with Crippen LogP contribution in [0.25, 0.3) is 11.0 Å². The lowest BCUT2D eigenvalue weighted by Gasteiger charge is -2.09. The number of hydrogen-bond acceptors (Lipinski definition) is 3. The zero-order valence-corrected chi connectivity index (χ0v) is 10.7. The molecule has 1 aromatic carbocycles. The number of para-hydroxylation sites is 2. The molecule has 0 unspecified atom stereocenters. The molecule has 0 saturated carbocycles. The van der Waals surface area contributed by atoms with Crippen molar-refractivity contribution in [3.05, 3.63) is 30.1 Å². The smallest absolute Gasteiger partial charge is 0.388 e. The molecule has 0 fully saturated rings. The van der Waals surface area contributed by atoms with E-state index >= 15 is 0 Å². The van der Waals surface area contributed by atoms with Crippen LogP contribution in [0.2, 0.25) is 0 Å². The minimum atomic E-state index is -4.29. The second-order valence-corrected chi connectivity index (χ2v) is 4.35. The van der Waals surface area contributed by atoms with E-state index in [1.807, 2.05) is 24.3 Å². The Balaban J connectivity index is 1.95. The molecule has 0 saturated heterocycles. The summed E-state index contributed by atoms with van der Waals surface area (Å²) in [5.41, 5.74) is 1.61. The van der Waals surface area contributed by atoms with E-state index in [2.05, 4.69) is 9.72 Å². The normalized spacial score (nSPS) is 12.2. The van der Waals surface area contributed by atoms with Crippen LogP contribution in [-0.2, 0) is 17.9 Å². The summed E-state index contributed by atoms with van der Waals surface area (Å²) >= 11 is 0. The number of halogens is 3. The second kappa shape index (κ2) is 6.23. The van der Waals surface area contributed by atoms with E-state index in [4.69, 9.17) is 0 Å². The van der Waals surface area contributed by atoms with Gasteiger partial charge in [-0.05, 0) is 18.6 Å². The lowest BCUT2D eigenvalue weighted by Crippen LogP contribution is -2.18. The van der Waals surface area contributed by atoms with Gasteiger partial charge in [0.1, 0.15) is 19.0 Å². The first-order valence-corrected chi connectivity index (χ1v) is 6.21. The third-order valence-corrected chi connectivity index (χ3v) is 2.81. The van der Waals surface area contributed by atoms with E-state index in [0.29, 0.717) is 18.8 Å². The number of aromatic nitrogens is 2. The molecule has 2 aromatic rings. The SMILES string of the molecule is OCc1nc2ccccc2n1CCCOCC(F)(F)F. The summed E-state index contributed by atoms with van der Waals surface area (Å²) in [5.74, 6) is 0.502. The lowest BCUT2D eigenvalue weighted by atomic mass is 10.3. The van der Waals surface area contributed by atoms with Gasteiger partial charge >= 0.3 is 6.18 Å². The summed E-state index contributed by atoms with van der Waals surface area (Å²) < 4.78 is 42.1. The average Bonchev–Trinajstić information content (AvgIpc) is 2.75. The fourth-order valence-electron chi connectivity index (χ4n) is 2.01. The number of alkyl halides is 3. The van der Waals surface area contributed by atoms with Gasteiger partial charge in [0.2, 0.25) is 0 Å². The number of nitrogens with zero attached hydrogens (tertiary/aromatic N) is 2. The van der Waals surface area contributed by atoms with Crippen molar-refractivity contribution in [1.82, 2.24) is 9.55 Å². The fraction of sp³-hybridized carbons (Fsp3) is 0.462. The molecule has 0 aliphatic carbocycles. The maximum absolute atomic E-state index is 11.9. The average molecular weight is 288 g/mol. The topological polar surface area (TPSA) is 47.3 Å². The molecule has 1 N–H and O–H groups in total. The van der Waals surface area contributed by atoms with Gasteiger partial charge in [0.25, 0.3) is 0 Å². The van der Waals surface area contributed by atoms with Crippen LogP contribution in [0.15, 0.2) is 24.3 Å². The Morgan fingerprint density at radius 1 is 1.25 bits per heavy atom. The van der Waals surface area contributed by atoms with Crippen LogP contribution in [-0.4, -0.2) is 34.0 Å². The summed E-state index contributed by atoms with van der Waals surface area (Å²) in [5, 5.41) is 9.27. The Bertz CT molecular complexity index is 566. The van der Waals surface area contributed by atoms with E-state index in [-0.39, 0.29) is 13.2 Å². The van der Waals surface area contributed by atoms with E-state index in [0.717, 1.165) is 11.0 Å². The largest absolute Gasteiger partial charge is 0.411 e. The molecule has 20 heavy (non-hydrogen) atoms. The maximum atomic E-state index is 11.9. The Morgan fingerprint density at radius 3 is 2.70 bits per heavy atom. The van der Waals surface area contributed by atoms with Crippen LogP contribution in [0.1, 0.15) is 12.2 Å². The molecule has 1 aromatic heterocycles. The molecule has 4 nitrogen and oxygen atoms in total. The van der Waals surface area contributed by atoms with Crippen molar-refractivity contribution in [2.45, 2.75) is 25.7 Å². The predicted molar refractivity (Wildman–Crippen MR) is 67.1 cm³/mol. The molecule has 0 atom stereocenters. The number of aliphatic hydroxyl groups excluding tert-OH is 1. The standard InChI is InChI=1S/C13H15F3N2O2/c14-13(15,16)9-20-7-3-6-18-11-5-2-1-4-10(11)17-12(18)8-19/h1-2,4-5,19H,3,6-9H2. The number of aliphatic hydroxyl groups is 1. The van der Waals surface area contributed by atoms with Crippen LogP contribution in [0.4, 0.5) is 13.2 Å². The van der Waals surface area contributed by atoms with Crippen molar-refractivity contribution in [3.63, 3.8) is 0 Å². The molecular weight excluding hydrogens is 273 g/mol. The zero-order chi connectivity index (χ0) is 14.6. The first-order valence-electron chi connectivity index (χ1n) is 6.21. The molecule has 0 spiro atoms. The van der Waals surface area contributed by atoms with Crippen molar-refractivity contribution < 1.29 is 23.0 Å². The van der Waals surface area contributed by atoms with Crippen molar-refractivity contribution in [1.29, 1.82) is 0 Å². The van der Waals surface area contributed by atoms with Gasteiger partial charge in [-0.25, -0.2) is 4.98 Å². The van der Waals surface area contributed by atoms with Crippen molar-refractivity contribution in [2.24, 2.45) is 0 Å². The van der Waals surface area contributed by atoms with Crippen LogP contribution in [0, 0.1) is 0 Å². The number of benzene rings is 1. The van der Waals surface area contributed by atoms with Gasteiger partial charge < -0.3 is 14.4 Å². The quantitative estimate of drug-likeness (QED) is 0.831. The molecule has 0 bridgehead atoms. The Labute approximate surface area is 113 Å². The van der Waals surface area contributed by atoms with Crippen LogP contribution in [0.3, 0.4) is 0 Å². The van der Waals surface area contributed by atoms with E-state index in [1.54, 1.807) is 4.57 Å².